The molecule has 0 fully saturated rings. The van der Waals surface area contributed by atoms with Gasteiger partial charge in [0.1, 0.15) is 17.2 Å². The number of aromatic nitrogens is 3. The number of carbonyl (C=O) groups is 1. The van der Waals surface area contributed by atoms with E-state index in [1.54, 1.807) is 0 Å². The van der Waals surface area contributed by atoms with Crippen molar-refractivity contribution >= 4 is 5.91 Å². The quantitative estimate of drug-likeness (QED) is 0.912. The molecule has 2 aliphatic rings. The number of nitrogens with one attached hydrogen (secondary N) is 1. The van der Waals surface area contributed by atoms with E-state index in [9.17, 15) is 4.79 Å². The van der Waals surface area contributed by atoms with Crippen LogP contribution in [0.2, 0.25) is 0 Å². The molecule has 6 heteroatoms. The first-order chi connectivity index (χ1) is 11.9. The smallest absolute Gasteiger partial charge is 0.289 e. The summed E-state index contributed by atoms with van der Waals surface area (Å²) in [6.07, 6.45) is 3.79. The van der Waals surface area contributed by atoms with Gasteiger partial charge in [-0.1, -0.05) is 17.7 Å². The van der Waals surface area contributed by atoms with E-state index in [0.717, 1.165) is 54.9 Å². The number of nitrogens with zero attached hydrogens (tertiary/aromatic N) is 3. The lowest BCUT2D eigenvalue weighted by molar-refractivity contribution is 0.0614. The standard InChI is InChI=1S/C19H24N4O2/c1-12-7-8-15-13(10-12)14(11-19(2,3)25-15)20-18(24)17-22-21-16-6-4-5-9-23(16)17/h7-8,10,14H,4-6,9,11H2,1-3H3,(H,20,24)/t14-/m0/s1. The van der Waals surface area contributed by atoms with Crippen LogP contribution in [0.25, 0.3) is 0 Å². The number of carbonyl (C=O) groups excluding carboxylic acids is 1. The molecule has 0 spiro atoms. The first kappa shape index (κ1) is 16.1. The Bertz CT molecular complexity index is 825. The van der Waals surface area contributed by atoms with Crippen molar-refractivity contribution in [2.75, 3.05) is 0 Å². The van der Waals surface area contributed by atoms with Gasteiger partial charge in [0.05, 0.1) is 6.04 Å². The second-order valence-corrected chi connectivity index (χ2v) is 7.68. The lowest BCUT2D eigenvalue weighted by Gasteiger charge is -2.38. The summed E-state index contributed by atoms with van der Waals surface area (Å²) in [5.41, 5.74) is 1.86. The first-order valence-corrected chi connectivity index (χ1v) is 8.95. The van der Waals surface area contributed by atoms with Crippen LogP contribution in [0.1, 0.15) is 66.7 Å². The van der Waals surface area contributed by atoms with Crippen LogP contribution in [0, 0.1) is 6.92 Å². The largest absolute Gasteiger partial charge is 0.487 e. The summed E-state index contributed by atoms with van der Waals surface area (Å²) in [6.45, 7) is 6.97. The van der Waals surface area contributed by atoms with Gasteiger partial charge in [-0.05, 0) is 39.7 Å². The van der Waals surface area contributed by atoms with Gasteiger partial charge in [-0.3, -0.25) is 4.79 Å². The molecule has 4 rings (SSSR count). The summed E-state index contributed by atoms with van der Waals surface area (Å²) >= 11 is 0. The van der Waals surface area contributed by atoms with Gasteiger partial charge in [-0.2, -0.15) is 0 Å². The van der Waals surface area contributed by atoms with E-state index in [4.69, 9.17) is 4.74 Å². The van der Waals surface area contributed by atoms with E-state index in [1.165, 1.54) is 0 Å². The van der Waals surface area contributed by atoms with Gasteiger partial charge in [0.2, 0.25) is 5.82 Å². The van der Waals surface area contributed by atoms with Crippen molar-refractivity contribution in [2.45, 2.75) is 64.6 Å². The van der Waals surface area contributed by atoms with Gasteiger partial charge < -0.3 is 14.6 Å². The zero-order valence-corrected chi connectivity index (χ0v) is 15.0. The second kappa shape index (κ2) is 5.86. The number of benzene rings is 1. The summed E-state index contributed by atoms with van der Waals surface area (Å²) in [4.78, 5) is 12.9. The molecule has 1 aromatic heterocycles. The fourth-order valence-electron chi connectivity index (χ4n) is 3.80. The Morgan fingerprint density at radius 2 is 2.16 bits per heavy atom. The minimum absolute atomic E-state index is 0.0947. The Hall–Kier alpha value is -2.37. The zero-order valence-electron chi connectivity index (χ0n) is 15.0. The zero-order chi connectivity index (χ0) is 17.6. The lowest BCUT2D eigenvalue weighted by atomic mass is 9.89. The molecule has 25 heavy (non-hydrogen) atoms. The van der Waals surface area contributed by atoms with Gasteiger partial charge in [0, 0.05) is 24.9 Å². The van der Waals surface area contributed by atoms with Crippen LogP contribution in [0.4, 0.5) is 0 Å². The molecule has 132 valence electrons. The maximum atomic E-state index is 12.9. The number of aryl methyl sites for hydroxylation is 2. The molecule has 0 bridgehead atoms. The number of fused-ring (bicyclic) bond motifs is 2. The van der Waals surface area contributed by atoms with E-state index < -0.39 is 0 Å². The van der Waals surface area contributed by atoms with Crippen molar-refractivity contribution in [1.29, 1.82) is 0 Å². The third-order valence-corrected chi connectivity index (χ3v) is 4.99. The van der Waals surface area contributed by atoms with E-state index in [2.05, 4.69) is 21.6 Å². The van der Waals surface area contributed by atoms with Crippen LogP contribution in [0.15, 0.2) is 18.2 Å². The number of ether oxygens (including phenoxy) is 1. The predicted molar refractivity (Wildman–Crippen MR) is 93.7 cm³/mol. The topological polar surface area (TPSA) is 69.0 Å². The summed E-state index contributed by atoms with van der Waals surface area (Å²) in [7, 11) is 0. The highest BCUT2D eigenvalue weighted by molar-refractivity contribution is 5.91. The van der Waals surface area contributed by atoms with Crippen LogP contribution in [-0.4, -0.2) is 26.3 Å². The third-order valence-electron chi connectivity index (χ3n) is 4.99. The molecule has 2 aromatic rings. The fraction of sp³-hybridized carbons (Fsp3) is 0.526. The number of hydrogen-bond donors (Lipinski definition) is 1. The van der Waals surface area contributed by atoms with Gasteiger partial charge in [0.25, 0.3) is 5.91 Å². The van der Waals surface area contributed by atoms with Crippen LogP contribution < -0.4 is 10.1 Å². The number of amides is 1. The minimum Gasteiger partial charge on any atom is -0.487 e. The van der Waals surface area contributed by atoms with E-state index in [0.29, 0.717) is 5.82 Å². The highest BCUT2D eigenvalue weighted by atomic mass is 16.5. The molecule has 1 aromatic carbocycles. The van der Waals surface area contributed by atoms with Gasteiger partial charge >= 0.3 is 0 Å². The lowest BCUT2D eigenvalue weighted by Crippen LogP contribution is -2.42. The molecular formula is C19H24N4O2. The first-order valence-electron chi connectivity index (χ1n) is 8.95. The van der Waals surface area contributed by atoms with Gasteiger partial charge in [-0.25, -0.2) is 0 Å². The van der Waals surface area contributed by atoms with Crippen molar-refractivity contribution in [2.24, 2.45) is 0 Å². The van der Waals surface area contributed by atoms with Gasteiger partial charge in [0.15, 0.2) is 0 Å². The molecule has 2 aliphatic heterocycles. The number of hydrogen-bond acceptors (Lipinski definition) is 4. The maximum absolute atomic E-state index is 12.9. The highest BCUT2D eigenvalue weighted by Crippen LogP contribution is 2.40. The van der Waals surface area contributed by atoms with Crippen LogP contribution in [0.3, 0.4) is 0 Å². The average molecular weight is 340 g/mol. The minimum atomic E-state index is -0.329. The summed E-state index contributed by atoms with van der Waals surface area (Å²) < 4.78 is 8.04. The van der Waals surface area contributed by atoms with Crippen molar-refractivity contribution in [1.82, 2.24) is 20.1 Å². The molecule has 1 amide bonds. The molecule has 3 heterocycles. The average Bonchev–Trinajstić information content (AvgIpc) is 2.99. The maximum Gasteiger partial charge on any atom is 0.289 e. The normalized spacial score (nSPS) is 21.0. The van der Waals surface area contributed by atoms with Crippen molar-refractivity contribution in [3.63, 3.8) is 0 Å². The SMILES string of the molecule is Cc1ccc2c(c1)[C@@H](NC(=O)c1nnc3n1CCCC3)CC(C)(C)O2. The summed E-state index contributed by atoms with van der Waals surface area (Å²) in [5, 5.41) is 11.5. The predicted octanol–water partition coefficient (Wildman–Crippen LogP) is 2.96. The number of rotatable bonds is 2. The molecule has 0 saturated heterocycles. The Morgan fingerprint density at radius 1 is 1.32 bits per heavy atom. The molecule has 0 unspecified atom stereocenters. The molecule has 1 atom stereocenters. The van der Waals surface area contributed by atoms with Crippen LogP contribution >= 0.6 is 0 Å². The van der Waals surface area contributed by atoms with Crippen molar-refractivity contribution < 1.29 is 9.53 Å². The van der Waals surface area contributed by atoms with Crippen LogP contribution in [0.5, 0.6) is 5.75 Å². The van der Waals surface area contributed by atoms with Crippen LogP contribution in [-0.2, 0) is 13.0 Å². The van der Waals surface area contributed by atoms with E-state index in [1.807, 2.05) is 37.5 Å². The highest BCUT2D eigenvalue weighted by Gasteiger charge is 2.35. The molecular weight excluding hydrogens is 316 g/mol. The Kier molecular flexibility index (Phi) is 3.78. The fourth-order valence-corrected chi connectivity index (χ4v) is 3.80. The molecule has 0 radical (unpaired) electrons. The Morgan fingerprint density at radius 3 is 3.00 bits per heavy atom. The van der Waals surface area contributed by atoms with E-state index >= 15 is 0 Å². The second-order valence-electron chi connectivity index (χ2n) is 7.68. The Labute approximate surface area is 147 Å². The van der Waals surface area contributed by atoms with Gasteiger partial charge in [-0.15, -0.1) is 10.2 Å². The van der Waals surface area contributed by atoms with E-state index in [-0.39, 0.29) is 17.6 Å². The monoisotopic (exact) mass is 340 g/mol. The molecule has 1 N–H and O–H groups in total. The summed E-state index contributed by atoms with van der Waals surface area (Å²) in [6, 6.07) is 6.02. The molecule has 6 nitrogen and oxygen atoms in total. The molecule has 0 aliphatic carbocycles. The summed E-state index contributed by atoms with van der Waals surface area (Å²) in [5.74, 6) is 2.03. The Balaban J connectivity index is 1.63. The third kappa shape index (κ3) is 3.01. The van der Waals surface area contributed by atoms with Crippen molar-refractivity contribution in [3.8, 4) is 5.75 Å². The van der Waals surface area contributed by atoms with Crippen molar-refractivity contribution in [3.05, 3.63) is 41.0 Å². The molecule has 0 saturated carbocycles.